The van der Waals surface area contributed by atoms with Gasteiger partial charge in [0.1, 0.15) is 5.76 Å². The van der Waals surface area contributed by atoms with Gasteiger partial charge in [-0.2, -0.15) is 0 Å². The Morgan fingerprint density at radius 1 is 1.67 bits per heavy atom. The lowest BCUT2D eigenvalue weighted by Crippen LogP contribution is -2.15. The van der Waals surface area contributed by atoms with Gasteiger partial charge in [-0.1, -0.05) is 5.16 Å². The van der Waals surface area contributed by atoms with Crippen molar-refractivity contribution in [1.82, 2.24) is 5.16 Å². The van der Waals surface area contributed by atoms with E-state index in [-0.39, 0.29) is 0 Å². The molecule has 1 aromatic heterocycles. The number of rotatable bonds is 1. The first-order chi connectivity index (χ1) is 5.90. The van der Waals surface area contributed by atoms with Crippen LogP contribution in [0.25, 0.3) is 0 Å². The summed E-state index contributed by atoms with van der Waals surface area (Å²) in [6.45, 7) is 0.764. The quantitative estimate of drug-likeness (QED) is 0.636. The van der Waals surface area contributed by atoms with Gasteiger partial charge >= 0.3 is 0 Å². The fourth-order valence-electron chi connectivity index (χ4n) is 1.80. The van der Waals surface area contributed by atoms with Crippen LogP contribution >= 0.6 is 0 Å². The zero-order chi connectivity index (χ0) is 8.39. The van der Waals surface area contributed by atoms with Gasteiger partial charge in [0.2, 0.25) is 0 Å². The monoisotopic (exact) mass is 166 g/mol. The van der Waals surface area contributed by atoms with Gasteiger partial charge in [0.15, 0.2) is 0 Å². The van der Waals surface area contributed by atoms with E-state index in [1.165, 1.54) is 18.4 Å². The number of nitrogens with two attached hydrogens (primary N) is 1. The Kier molecular flexibility index (Phi) is 2.13. The summed E-state index contributed by atoms with van der Waals surface area (Å²) < 4.78 is 5.16. The van der Waals surface area contributed by atoms with Crippen molar-refractivity contribution in [2.24, 2.45) is 11.7 Å². The summed E-state index contributed by atoms with van der Waals surface area (Å²) in [6.07, 6.45) is 6.37. The van der Waals surface area contributed by atoms with Crippen molar-refractivity contribution in [3.05, 3.63) is 17.5 Å². The highest BCUT2D eigenvalue weighted by atomic mass is 16.5. The van der Waals surface area contributed by atoms with E-state index in [9.17, 15) is 0 Å². The number of fused-ring (bicyclic) bond motifs is 1. The highest BCUT2D eigenvalue weighted by Crippen LogP contribution is 2.23. The number of aryl methyl sites for hydroxylation is 1. The lowest BCUT2D eigenvalue weighted by atomic mass is 10.0. The van der Waals surface area contributed by atoms with Gasteiger partial charge in [0.25, 0.3) is 0 Å². The van der Waals surface area contributed by atoms with Gasteiger partial charge in [0, 0.05) is 12.0 Å². The van der Waals surface area contributed by atoms with Gasteiger partial charge in [-0.15, -0.1) is 0 Å². The summed E-state index contributed by atoms with van der Waals surface area (Å²) in [4.78, 5) is 0. The van der Waals surface area contributed by atoms with Crippen LogP contribution in [0.1, 0.15) is 24.2 Å². The Morgan fingerprint density at radius 2 is 2.58 bits per heavy atom. The van der Waals surface area contributed by atoms with E-state index >= 15 is 0 Å². The molecule has 3 nitrogen and oxygen atoms in total. The molecule has 0 fully saturated rings. The Hall–Kier alpha value is -0.830. The van der Waals surface area contributed by atoms with Crippen LogP contribution in [-0.4, -0.2) is 11.7 Å². The highest BCUT2D eigenvalue weighted by Gasteiger charge is 2.18. The first kappa shape index (κ1) is 7.80. The normalized spacial score (nSPS) is 23.2. The molecule has 0 saturated heterocycles. The van der Waals surface area contributed by atoms with E-state index < -0.39 is 0 Å². The van der Waals surface area contributed by atoms with Crippen LogP contribution in [-0.2, 0) is 12.8 Å². The molecule has 1 atom stereocenters. The Labute approximate surface area is 71.9 Å². The summed E-state index contributed by atoms with van der Waals surface area (Å²) in [6, 6.07) is 0. The minimum atomic E-state index is 0.596. The molecule has 0 radical (unpaired) electrons. The van der Waals surface area contributed by atoms with Crippen LogP contribution < -0.4 is 5.73 Å². The Bertz CT molecular complexity index is 257. The first-order valence-corrected chi connectivity index (χ1v) is 4.52. The average molecular weight is 166 g/mol. The van der Waals surface area contributed by atoms with Crippen molar-refractivity contribution in [3.63, 3.8) is 0 Å². The van der Waals surface area contributed by atoms with Crippen LogP contribution in [0.15, 0.2) is 10.7 Å². The molecule has 1 aliphatic carbocycles. The van der Waals surface area contributed by atoms with Crippen molar-refractivity contribution in [2.45, 2.75) is 25.7 Å². The third-order valence-electron chi connectivity index (χ3n) is 2.60. The molecule has 1 aliphatic rings. The molecular formula is C9H14N2O. The maximum Gasteiger partial charge on any atom is 0.140 e. The van der Waals surface area contributed by atoms with Crippen LogP contribution in [0, 0.1) is 5.92 Å². The van der Waals surface area contributed by atoms with E-state index in [4.69, 9.17) is 10.3 Å². The van der Waals surface area contributed by atoms with Crippen LogP contribution in [0.5, 0.6) is 0 Å². The fourth-order valence-corrected chi connectivity index (χ4v) is 1.80. The topological polar surface area (TPSA) is 52.0 Å². The SMILES string of the molecule is NC[C@@H]1CCCc2cnoc2C1. The highest BCUT2D eigenvalue weighted by molar-refractivity contribution is 5.15. The zero-order valence-electron chi connectivity index (χ0n) is 7.12. The van der Waals surface area contributed by atoms with Crippen molar-refractivity contribution < 1.29 is 4.52 Å². The largest absolute Gasteiger partial charge is 0.361 e. The molecule has 12 heavy (non-hydrogen) atoms. The zero-order valence-corrected chi connectivity index (χ0v) is 7.12. The molecule has 0 bridgehead atoms. The minimum absolute atomic E-state index is 0.596. The van der Waals surface area contributed by atoms with E-state index in [1.54, 1.807) is 0 Å². The standard InChI is InChI=1S/C9H14N2O/c10-5-7-2-1-3-8-6-11-12-9(8)4-7/h6-7H,1-5,10H2/t7-/m1/s1. The minimum Gasteiger partial charge on any atom is -0.361 e. The van der Waals surface area contributed by atoms with Crippen molar-refractivity contribution in [2.75, 3.05) is 6.54 Å². The van der Waals surface area contributed by atoms with Crippen molar-refractivity contribution in [1.29, 1.82) is 0 Å². The maximum absolute atomic E-state index is 5.64. The summed E-state index contributed by atoms with van der Waals surface area (Å²) in [5.41, 5.74) is 6.92. The van der Waals surface area contributed by atoms with Crippen LogP contribution in [0.3, 0.4) is 0 Å². The van der Waals surface area contributed by atoms with Gasteiger partial charge in [-0.05, 0) is 31.7 Å². The molecule has 0 aromatic carbocycles. The smallest absolute Gasteiger partial charge is 0.140 e. The number of hydrogen-bond donors (Lipinski definition) is 1. The van der Waals surface area contributed by atoms with E-state index in [0.717, 1.165) is 25.1 Å². The van der Waals surface area contributed by atoms with Crippen LogP contribution in [0.4, 0.5) is 0 Å². The third-order valence-corrected chi connectivity index (χ3v) is 2.60. The van der Waals surface area contributed by atoms with Crippen molar-refractivity contribution in [3.8, 4) is 0 Å². The Morgan fingerprint density at radius 3 is 3.42 bits per heavy atom. The van der Waals surface area contributed by atoms with Gasteiger partial charge in [0.05, 0.1) is 6.20 Å². The molecule has 66 valence electrons. The van der Waals surface area contributed by atoms with E-state index in [1.807, 2.05) is 6.20 Å². The summed E-state index contributed by atoms with van der Waals surface area (Å²) in [5, 5.41) is 3.80. The molecule has 0 spiro atoms. The number of hydrogen-bond acceptors (Lipinski definition) is 3. The van der Waals surface area contributed by atoms with Gasteiger partial charge in [-0.3, -0.25) is 0 Å². The molecule has 0 saturated carbocycles. The predicted octanol–water partition coefficient (Wildman–Crippen LogP) is 1.13. The summed E-state index contributed by atoms with van der Waals surface area (Å²) in [5.74, 6) is 1.65. The maximum atomic E-state index is 5.64. The molecular weight excluding hydrogens is 152 g/mol. The van der Waals surface area contributed by atoms with Crippen molar-refractivity contribution >= 4 is 0 Å². The molecule has 3 heteroatoms. The molecule has 0 amide bonds. The predicted molar refractivity (Wildman–Crippen MR) is 45.7 cm³/mol. The van der Waals surface area contributed by atoms with E-state index in [2.05, 4.69) is 5.16 Å². The van der Waals surface area contributed by atoms with Gasteiger partial charge in [-0.25, -0.2) is 0 Å². The Balaban J connectivity index is 2.18. The third kappa shape index (κ3) is 1.37. The lowest BCUT2D eigenvalue weighted by Gasteiger charge is -2.08. The molecule has 2 rings (SSSR count). The number of nitrogens with zero attached hydrogens (tertiary/aromatic N) is 1. The van der Waals surface area contributed by atoms with E-state index in [0.29, 0.717) is 5.92 Å². The summed E-state index contributed by atoms with van der Waals surface area (Å²) in [7, 11) is 0. The molecule has 1 heterocycles. The molecule has 2 N–H and O–H groups in total. The fraction of sp³-hybridized carbons (Fsp3) is 0.667. The van der Waals surface area contributed by atoms with Crippen LogP contribution in [0.2, 0.25) is 0 Å². The molecule has 1 aromatic rings. The second kappa shape index (κ2) is 3.27. The lowest BCUT2D eigenvalue weighted by molar-refractivity contribution is 0.356. The molecule has 0 aliphatic heterocycles. The second-order valence-corrected chi connectivity index (χ2v) is 3.47. The second-order valence-electron chi connectivity index (χ2n) is 3.47. The van der Waals surface area contributed by atoms with Gasteiger partial charge < -0.3 is 10.3 Å². The summed E-state index contributed by atoms with van der Waals surface area (Å²) >= 11 is 0. The number of aromatic nitrogens is 1. The first-order valence-electron chi connectivity index (χ1n) is 4.52. The molecule has 0 unspecified atom stereocenters. The average Bonchev–Trinajstić information content (AvgIpc) is 2.43.